The van der Waals surface area contributed by atoms with E-state index >= 15 is 0 Å². The number of aromatic nitrogens is 2. The third kappa shape index (κ3) is 3.16. The molecule has 1 fully saturated rings. The monoisotopic (exact) mass is 277 g/mol. The third-order valence-corrected chi connectivity index (χ3v) is 4.17. The number of thiocarbonyl (C=S) groups is 1. The molecule has 7 heteroatoms. The second-order valence-corrected chi connectivity index (χ2v) is 5.39. The molecule has 1 saturated heterocycles. The molecule has 17 heavy (non-hydrogen) atoms. The molecule has 94 valence electrons. The van der Waals surface area contributed by atoms with Crippen molar-refractivity contribution in [1.82, 2.24) is 14.5 Å². The molecule has 0 radical (unpaired) electrons. The summed E-state index contributed by atoms with van der Waals surface area (Å²) in [6.45, 7) is -0.571. The smallest absolute Gasteiger partial charge is 0.319 e. The second-order valence-electron chi connectivity index (χ2n) is 3.78. The van der Waals surface area contributed by atoms with E-state index in [0.717, 1.165) is 34.8 Å². The minimum atomic E-state index is -2.53. The number of alkyl halides is 2. The highest BCUT2D eigenvalue weighted by Gasteiger charge is 2.17. The van der Waals surface area contributed by atoms with Crippen molar-refractivity contribution in [3.63, 3.8) is 0 Å². The van der Waals surface area contributed by atoms with Gasteiger partial charge in [0.15, 0.2) is 0 Å². The van der Waals surface area contributed by atoms with Crippen LogP contribution in [-0.4, -0.2) is 31.9 Å². The van der Waals surface area contributed by atoms with E-state index < -0.39 is 6.55 Å². The molecule has 3 nitrogen and oxygen atoms in total. The molecule has 2 heterocycles. The Morgan fingerprint density at radius 2 is 2.18 bits per heavy atom. The van der Waals surface area contributed by atoms with Gasteiger partial charge in [-0.3, -0.25) is 4.57 Å². The van der Waals surface area contributed by atoms with E-state index in [1.165, 1.54) is 24.2 Å². The average molecular weight is 277 g/mol. The minimum absolute atomic E-state index is 0.367. The maximum Gasteiger partial charge on any atom is 0.319 e. The molecule has 1 aromatic heterocycles. The molecule has 1 aliphatic heterocycles. The third-order valence-electron chi connectivity index (χ3n) is 2.65. The molecular formula is C10H13F2N3S2. The van der Waals surface area contributed by atoms with E-state index in [1.54, 1.807) is 0 Å². The summed E-state index contributed by atoms with van der Waals surface area (Å²) in [5.41, 5.74) is 0. The fourth-order valence-corrected chi connectivity index (χ4v) is 2.95. The summed E-state index contributed by atoms with van der Waals surface area (Å²) >= 11 is 6.66. The van der Waals surface area contributed by atoms with Crippen LogP contribution < -0.4 is 0 Å². The first kappa shape index (κ1) is 12.8. The van der Waals surface area contributed by atoms with Crippen LogP contribution in [-0.2, 0) is 5.75 Å². The predicted octanol–water partition coefficient (Wildman–Crippen LogP) is 2.89. The van der Waals surface area contributed by atoms with Gasteiger partial charge in [-0.05, 0) is 12.8 Å². The molecular weight excluding hydrogens is 264 g/mol. The largest absolute Gasteiger partial charge is 0.358 e. The highest BCUT2D eigenvalue weighted by Crippen LogP contribution is 2.21. The van der Waals surface area contributed by atoms with Crippen LogP contribution in [0.25, 0.3) is 0 Å². The molecule has 0 amide bonds. The van der Waals surface area contributed by atoms with E-state index in [0.29, 0.717) is 11.6 Å². The quantitative estimate of drug-likeness (QED) is 0.792. The zero-order valence-corrected chi connectivity index (χ0v) is 10.8. The zero-order valence-electron chi connectivity index (χ0n) is 9.18. The Morgan fingerprint density at radius 3 is 2.82 bits per heavy atom. The van der Waals surface area contributed by atoms with Gasteiger partial charge in [0.2, 0.25) is 0 Å². The van der Waals surface area contributed by atoms with Crippen LogP contribution in [0, 0.1) is 0 Å². The van der Waals surface area contributed by atoms with Gasteiger partial charge in [0, 0.05) is 25.5 Å². The highest BCUT2D eigenvalue weighted by atomic mass is 32.2. The van der Waals surface area contributed by atoms with E-state index in [-0.39, 0.29) is 0 Å². The summed E-state index contributed by atoms with van der Waals surface area (Å²) in [6, 6.07) is 0. The molecule has 2 rings (SSSR count). The van der Waals surface area contributed by atoms with Gasteiger partial charge >= 0.3 is 6.55 Å². The van der Waals surface area contributed by atoms with Crippen molar-refractivity contribution in [2.24, 2.45) is 0 Å². The Bertz CT molecular complexity index is 389. The van der Waals surface area contributed by atoms with Crippen molar-refractivity contribution >= 4 is 28.3 Å². The van der Waals surface area contributed by atoms with Crippen LogP contribution >= 0.6 is 24.0 Å². The Kier molecular flexibility index (Phi) is 4.33. The van der Waals surface area contributed by atoms with Crippen molar-refractivity contribution in [3.05, 3.63) is 18.2 Å². The normalized spacial score (nSPS) is 15.8. The van der Waals surface area contributed by atoms with E-state index in [9.17, 15) is 8.78 Å². The number of rotatable bonds is 3. The van der Waals surface area contributed by atoms with E-state index in [2.05, 4.69) is 9.88 Å². The lowest BCUT2D eigenvalue weighted by atomic mass is 10.4. The number of imidazole rings is 1. The topological polar surface area (TPSA) is 21.1 Å². The lowest BCUT2D eigenvalue weighted by Gasteiger charge is -2.17. The summed E-state index contributed by atoms with van der Waals surface area (Å²) in [7, 11) is 0. The highest BCUT2D eigenvalue weighted by molar-refractivity contribution is 8.22. The number of likely N-dealkylation sites (tertiary alicyclic amines) is 1. The number of nitrogens with zero attached hydrogens (tertiary/aromatic N) is 3. The van der Waals surface area contributed by atoms with Crippen molar-refractivity contribution in [1.29, 1.82) is 0 Å². The van der Waals surface area contributed by atoms with Gasteiger partial charge < -0.3 is 4.90 Å². The fourth-order valence-electron chi connectivity index (χ4n) is 1.75. The zero-order chi connectivity index (χ0) is 12.3. The van der Waals surface area contributed by atoms with Gasteiger partial charge in [-0.2, -0.15) is 8.78 Å². The van der Waals surface area contributed by atoms with Crippen LogP contribution in [0.4, 0.5) is 8.78 Å². The number of halogens is 2. The number of hydrogen-bond acceptors (Lipinski definition) is 3. The fraction of sp³-hybridized carbons (Fsp3) is 0.600. The van der Waals surface area contributed by atoms with Gasteiger partial charge in [-0.25, -0.2) is 4.98 Å². The summed E-state index contributed by atoms with van der Waals surface area (Å²) in [5, 5.41) is 0. The van der Waals surface area contributed by atoms with Gasteiger partial charge in [0.05, 0.1) is 5.75 Å². The molecule has 0 unspecified atom stereocenters. The standard InChI is InChI=1S/C10H13F2N3S2/c11-9(12)15-6-3-13-8(15)7-17-10(16)14-4-1-2-5-14/h3,6,9H,1-2,4-5,7H2. The van der Waals surface area contributed by atoms with Gasteiger partial charge in [0.1, 0.15) is 10.1 Å². The first-order chi connectivity index (χ1) is 8.18. The maximum absolute atomic E-state index is 12.6. The first-order valence-corrected chi connectivity index (χ1v) is 6.79. The predicted molar refractivity (Wildman–Crippen MR) is 68.2 cm³/mol. The molecule has 0 aliphatic carbocycles. The molecule has 0 spiro atoms. The van der Waals surface area contributed by atoms with Crippen molar-refractivity contribution < 1.29 is 8.78 Å². The summed E-state index contributed by atoms with van der Waals surface area (Å²) in [6.07, 6.45) is 5.00. The van der Waals surface area contributed by atoms with Crippen molar-refractivity contribution in [3.8, 4) is 0 Å². The van der Waals surface area contributed by atoms with Crippen LogP contribution in [0.3, 0.4) is 0 Å². The van der Waals surface area contributed by atoms with Crippen molar-refractivity contribution in [2.75, 3.05) is 13.1 Å². The average Bonchev–Trinajstić information content (AvgIpc) is 2.96. The summed E-state index contributed by atoms with van der Waals surface area (Å²) in [5.74, 6) is 0.763. The summed E-state index contributed by atoms with van der Waals surface area (Å²) < 4.78 is 26.8. The lowest BCUT2D eigenvalue weighted by molar-refractivity contribution is 0.0678. The molecule has 0 saturated carbocycles. The number of hydrogen-bond donors (Lipinski definition) is 0. The van der Waals surface area contributed by atoms with E-state index in [1.807, 2.05) is 0 Å². The maximum atomic E-state index is 12.6. The van der Waals surface area contributed by atoms with Crippen LogP contribution in [0.1, 0.15) is 25.2 Å². The first-order valence-electron chi connectivity index (χ1n) is 5.40. The summed E-state index contributed by atoms with van der Waals surface area (Å²) in [4.78, 5) is 6.04. The van der Waals surface area contributed by atoms with Crippen LogP contribution in [0.2, 0.25) is 0 Å². The second kappa shape index (κ2) is 5.77. The van der Waals surface area contributed by atoms with Crippen LogP contribution in [0.15, 0.2) is 12.4 Å². The van der Waals surface area contributed by atoms with E-state index in [4.69, 9.17) is 12.2 Å². The molecule has 0 aromatic carbocycles. The van der Waals surface area contributed by atoms with Crippen molar-refractivity contribution in [2.45, 2.75) is 25.1 Å². The molecule has 0 atom stereocenters. The SMILES string of the molecule is FC(F)n1ccnc1CSC(=S)N1CCCC1. The molecule has 0 bridgehead atoms. The van der Waals surface area contributed by atoms with Gasteiger partial charge in [0.25, 0.3) is 0 Å². The Labute approximate surface area is 108 Å². The Balaban J connectivity index is 1.88. The minimum Gasteiger partial charge on any atom is -0.358 e. The van der Waals surface area contributed by atoms with Crippen LogP contribution in [0.5, 0.6) is 0 Å². The molecule has 1 aliphatic rings. The number of thioether (sulfide) groups is 1. The Morgan fingerprint density at radius 1 is 1.47 bits per heavy atom. The lowest BCUT2D eigenvalue weighted by Crippen LogP contribution is -2.23. The van der Waals surface area contributed by atoms with Gasteiger partial charge in [-0.15, -0.1) is 0 Å². The molecule has 0 N–H and O–H groups in total. The molecule has 1 aromatic rings. The Hall–Kier alpha value is -0.690. The van der Waals surface area contributed by atoms with Gasteiger partial charge in [-0.1, -0.05) is 24.0 Å².